The third-order valence-corrected chi connectivity index (χ3v) is 3.26. The highest BCUT2D eigenvalue weighted by molar-refractivity contribution is 5.73. The number of carbonyl (C=O) groups is 2. The van der Waals surface area contributed by atoms with Crippen LogP contribution in [-0.2, 0) is 19.1 Å². The molecule has 0 aliphatic rings. The molecule has 0 fully saturated rings. The molecule has 0 aromatic heterocycles. The van der Waals surface area contributed by atoms with Gasteiger partial charge in [0.05, 0.1) is 26.1 Å². The minimum absolute atomic E-state index is 0.220. The van der Waals surface area contributed by atoms with E-state index in [1.54, 1.807) is 12.2 Å². The SMILES string of the molecule is CCCCCCOC(=O)C/C=C\CC(=O)OCCCCCC. The monoisotopic (exact) mass is 312 g/mol. The summed E-state index contributed by atoms with van der Waals surface area (Å²) < 4.78 is 10.2. The fourth-order valence-electron chi connectivity index (χ4n) is 1.91. The number of unbranched alkanes of at least 4 members (excludes halogenated alkanes) is 6. The lowest BCUT2D eigenvalue weighted by atomic mass is 10.2. The molecular formula is C18H32O4. The van der Waals surface area contributed by atoms with E-state index in [4.69, 9.17) is 9.47 Å². The van der Waals surface area contributed by atoms with Crippen molar-refractivity contribution < 1.29 is 19.1 Å². The minimum atomic E-state index is -0.235. The van der Waals surface area contributed by atoms with E-state index in [1.807, 2.05) is 0 Å². The summed E-state index contributed by atoms with van der Waals surface area (Å²) in [5.74, 6) is -0.471. The molecule has 0 bridgehead atoms. The Bertz CT molecular complexity index is 280. The van der Waals surface area contributed by atoms with E-state index >= 15 is 0 Å². The molecule has 0 aliphatic carbocycles. The molecule has 4 nitrogen and oxygen atoms in total. The lowest BCUT2D eigenvalue weighted by Crippen LogP contribution is -2.05. The van der Waals surface area contributed by atoms with Crippen LogP contribution in [0.25, 0.3) is 0 Å². The third-order valence-electron chi connectivity index (χ3n) is 3.26. The highest BCUT2D eigenvalue weighted by Gasteiger charge is 2.01. The molecule has 0 unspecified atom stereocenters. The van der Waals surface area contributed by atoms with Crippen LogP contribution in [0.15, 0.2) is 12.2 Å². The molecule has 0 saturated heterocycles. The molecule has 0 spiro atoms. The topological polar surface area (TPSA) is 52.6 Å². The van der Waals surface area contributed by atoms with Crippen molar-refractivity contribution >= 4 is 11.9 Å². The molecule has 22 heavy (non-hydrogen) atoms. The van der Waals surface area contributed by atoms with Crippen molar-refractivity contribution in [2.24, 2.45) is 0 Å². The predicted octanol–water partition coefficient (Wildman–Crippen LogP) is 4.57. The lowest BCUT2D eigenvalue weighted by molar-refractivity contribution is -0.144. The van der Waals surface area contributed by atoms with Crippen LogP contribution >= 0.6 is 0 Å². The average Bonchev–Trinajstić information content (AvgIpc) is 2.51. The highest BCUT2D eigenvalue weighted by atomic mass is 16.5. The van der Waals surface area contributed by atoms with Gasteiger partial charge in [0.15, 0.2) is 0 Å². The minimum Gasteiger partial charge on any atom is -0.465 e. The second-order valence-corrected chi connectivity index (χ2v) is 5.44. The fraction of sp³-hybridized carbons (Fsp3) is 0.778. The third kappa shape index (κ3) is 15.1. The van der Waals surface area contributed by atoms with Crippen LogP contribution in [-0.4, -0.2) is 25.2 Å². The van der Waals surface area contributed by atoms with E-state index < -0.39 is 0 Å². The molecule has 0 radical (unpaired) electrons. The van der Waals surface area contributed by atoms with Crippen LogP contribution < -0.4 is 0 Å². The molecule has 0 aromatic rings. The van der Waals surface area contributed by atoms with Crippen LogP contribution in [0.5, 0.6) is 0 Å². The van der Waals surface area contributed by atoms with Crippen molar-refractivity contribution in [3.63, 3.8) is 0 Å². The second kappa shape index (κ2) is 16.1. The van der Waals surface area contributed by atoms with Crippen LogP contribution in [0.2, 0.25) is 0 Å². The van der Waals surface area contributed by atoms with Gasteiger partial charge < -0.3 is 9.47 Å². The molecule has 128 valence electrons. The van der Waals surface area contributed by atoms with Gasteiger partial charge >= 0.3 is 11.9 Å². The summed E-state index contributed by atoms with van der Waals surface area (Å²) in [7, 11) is 0. The van der Waals surface area contributed by atoms with Gasteiger partial charge in [-0.2, -0.15) is 0 Å². The maximum atomic E-state index is 11.4. The van der Waals surface area contributed by atoms with Crippen LogP contribution in [0.4, 0.5) is 0 Å². The van der Waals surface area contributed by atoms with Crippen molar-refractivity contribution in [2.45, 2.75) is 78.1 Å². The first-order valence-corrected chi connectivity index (χ1v) is 8.66. The lowest BCUT2D eigenvalue weighted by Gasteiger charge is -2.03. The van der Waals surface area contributed by atoms with E-state index in [2.05, 4.69) is 13.8 Å². The number of hydrogen-bond acceptors (Lipinski definition) is 4. The maximum absolute atomic E-state index is 11.4. The molecule has 0 aromatic carbocycles. The molecule has 4 heteroatoms. The Hall–Kier alpha value is -1.32. The quantitative estimate of drug-likeness (QED) is 0.268. The van der Waals surface area contributed by atoms with Gasteiger partial charge in [0.2, 0.25) is 0 Å². The Labute approximate surface area is 135 Å². The van der Waals surface area contributed by atoms with E-state index in [9.17, 15) is 9.59 Å². The predicted molar refractivity (Wildman–Crippen MR) is 88.6 cm³/mol. The Morgan fingerprint density at radius 2 is 1.09 bits per heavy atom. The van der Waals surface area contributed by atoms with Gasteiger partial charge in [0.25, 0.3) is 0 Å². The van der Waals surface area contributed by atoms with Gasteiger partial charge in [-0.3, -0.25) is 9.59 Å². The molecule has 0 amide bonds. The standard InChI is InChI=1S/C18H32O4/c1-3-5-7-11-15-21-17(19)13-9-10-14-18(20)22-16-12-8-6-4-2/h9-10H,3-8,11-16H2,1-2H3/b10-9-. The molecule has 0 heterocycles. The number of ether oxygens (including phenoxy) is 2. The molecule has 0 saturated carbocycles. The maximum Gasteiger partial charge on any atom is 0.309 e. The van der Waals surface area contributed by atoms with E-state index in [0.717, 1.165) is 25.7 Å². The molecular weight excluding hydrogens is 280 g/mol. The first-order chi connectivity index (χ1) is 10.7. The van der Waals surface area contributed by atoms with Gasteiger partial charge in [0, 0.05) is 0 Å². The Morgan fingerprint density at radius 3 is 1.45 bits per heavy atom. The summed E-state index contributed by atoms with van der Waals surface area (Å²) in [5, 5.41) is 0. The zero-order valence-electron chi connectivity index (χ0n) is 14.3. The first kappa shape index (κ1) is 20.7. The van der Waals surface area contributed by atoms with Gasteiger partial charge in [-0.15, -0.1) is 0 Å². The zero-order valence-corrected chi connectivity index (χ0v) is 14.3. The molecule has 0 N–H and O–H groups in total. The van der Waals surface area contributed by atoms with Crippen LogP contribution in [0, 0.1) is 0 Å². The summed E-state index contributed by atoms with van der Waals surface area (Å²) in [6.07, 6.45) is 12.5. The van der Waals surface area contributed by atoms with Crippen molar-refractivity contribution in [2.75, 3.05) is 13.2 Å². The fourth-order valence-corrected chi connectivity index (χ4v) is 1.91. The summed E-state index contributed by atoms with van der Waals surface area (Å²) >= 11 is 0. The summed E-state index contributed by atoms with van der Waals surface area (Å²) in [6, 6.07) is 0. The molecule has 0 rings (SSSR count). The summed E-state index contributed by atoms with van der Waals surface area (Å²) in [5.41, 5.74) is 0. The van der Waals surface area contributed by atoms with E-state index in [1.165, 1.54) is 25.7 Å². The summed E-state index contributed by atoms with van der Waals surface area (Å²) in [4.78, 5) is 22.8. The van der Waals surface area contributed by atoms with E-state index in [0.29, 0.717) is 13.2 Å². The first-order valence-electron chi connectivity index (χ1n) is 8.66. The van der Waals surface area contributed by atoms with Gasteiger partial charge in [-0.1, -0.05) is 64.5 Å². The van der Waals surface area contributed by atoms with Gasteiger partial charge in [-0.25, -0.2) is 0 Å². The normalized spacial score (nSPS) is 10.8. The number of hydrogen-bond donors (Lipinski definition) is 0. The zero-order chi connectivity index (χ0) is 16.5. The summed E-state index contributed by atoms with van der Waals surface area (Å²) in [6.45, 7) is 5.28. The van der Waals surface area contributed by atoms with Crippen molar-refractivity contribution in [3.05, 3.63) is 12.2 Å². The number of rotatable bonds is 14. The Morgan fingerprint density at radius 1 is 0.682 bits per heavy atom. The largest absolute Gasteiger partial charge is 0.465 e. The van der Waals surface area contributed by atoms with Crippen LogP contribution in [0.3, 0.4) is 0 Å². The Balaban J connectivity index is 3.47. The molecule has 0 aliphatic heterocycles. The van der Waals surface area contributed by atoms with Crippen molar-refractivity contribution in [1.82, 2.24) is 0 Å². The van der Waals surface area contributed by atoms with Gasteiger partial charge in [0.1, 0.15) is 0 Å². The second-order valence-electron chi connectivity index (χ2n) is 5.44. The van der Waals surface area contributed by atoms with Crippen LogP contribution in [0.1, 0.15) is 78.1 Å². The number of esters is 2. The smallest absolute Gasteiger partial charge is 0.309 e. The number of carbonyl (C=O) groups excluding carboxylic acids is 2. The Kier molecular flexibility index (Phi) is 15.1. The average molecular weight is 312 g/mol. The van der Waals surface area contributed by atoms with Gasteiger partial charge in [-0.05, 0) is 12.8 Å². The van der Waals surface area contributed by atoms with E-state index in [-0.39, 0.29) is 24.8 Å². The molecule has 0 atom stereocenters. The van der Waals surface area contributed by atoms with Crippen molar-refractivity contribution in [1.29, 1.82) is 0 Å². The highest BCUT2D eigenvalue weighted by Crippen LogP contribution is 2.01. The van der Waals surface area contributed by atoms with Crippen molar-refractivity contribution in [3.8, 4) is 0 Å².